The summed E-state index contributed by atoms with van der Waals surface area (Å²) in [5, 5.41) is 2.11. The Morgan fingerprint density at radius 1 is 1.33 bits per heavy atom. The second-order valence-corrected chi connectivity index (χ2v) is 3.66. The summed E-state index contributed by atoms with van der Waals surface area (Å²) in [7, 11) is 0. The molecule has 1 aromatic carbocycles. The Balaban J connectivity index is 2.60. The molecule has 0 radical (unpaired) electrons. The maximum atomic E-state index is 11.5. The van der Waals surface area contributed by atoms with Gasteiger partial charge >= 0.3 is 12.0 Å². The number of hydrogen-bond acceptors (Lipinski definition) is 5. The van der Waals surface area contributed by atoms with Gasteiger partial charge in [-0.2, -0.15) is 0 Å². The van der Waals surface area contributed by atoms with Gasteiger partial charge in [-0.15, -0.1) is 0 Å². The summed E-state index contributed by atoms with van der Waals surface area (Å²) in [5.74, 6) is -1.63. The number of nitrogens with two attached hydrogens (primary N) is 2. The van der Waals surface area contributed by atoms with E-state index >= 15 is 0 Å². The Hall–Kier alpha value is -2.28. The van der Waals surface area contributed by atoms with Gasteiger partial charge in [0.05, 0.1) is 5.56 Å². The molecule has 3 amide bonds. The van der Waals surface area contributed by atoms with Crippen LogP contribution in [0.3, 0.4) is 0 Å². The molecule has 0 aliphatic rings. The summed E-state index contributed by atoms with van der Waals surface area (Å²) in [6.45, 7) is -0.635. The number of esters is 1. The highest BCUT2D eigenvalue weighted by Gasteiger charge is 2.14. The smallest absolute Gasteiger partial charge is 0.340 e. The van der Waals surface area contributed by atoms with E-state index in [4.69, 9.17) is 23.1 Å². The Bertz CT molecular complexity index is 504. The molecule has 1 rings (SSSR count). The number of amides is 3. The summed E-state index contributed by atoms with van der Waals surface area (Å²) in [6.07, 6.45) is 0. The number of carbonyl (C=O) groups excluding carboxylic acids is 3. The van der Waals surface area contributed by atoms with Crippen molar-refractivity contribution in [3.05, 3.63) is 28.8 Å². The number of urea groups is 1. The lowest BCUT2D eigenvalue weighted by atomic mass is 10.2. The zero-order chi connectivity index (χ0) is 13.7. The third kappa shape index (κ3) is 3.95. The lowest BCUT2D eigenvalue weighted by molar-refractivity contribution is -0.123. The molecule has 96 valence electrons. The Labute approximate surface area is 107 Å². The number of anilines is 1. The average molecular weight is 272 g/mol. The fourth-order valence-electron chi connectivity index (χ4n) is 1.10. The average Bonchev–Trinajstić information content (AvgIpc) is 2.25. The zero-order valence-corrected chi connectivity index (χ0v) is 9.86. The molecular formula is C10H10ClN3O4. The number of benzene rings is 1. The highest BCUT2D eigenvalue weighted by Crippen LogP contribution is 2.18. The van der Waals surface area contributed by atoms with E-state index in [0.717, 1.165) is 0 Å². The molecule has 0 atom stereocenters. The third-order valence-electron chi connectivity index (χ3n) is 1.83. The van der Waals surface area contributed by atoms with Crippen LogP contribution in [-0.4, -0.2) is 24.5 Å². The molecule has 0 saturated carbocycles. The van der Waals surface area contributed by atoms with Crippen LogP contribution >= 0.6 is 11.6 Å². The first kappa shape index (κ1) is 13.8. The van der Waals surface area contributed by atoms with Gasteiger partial charge in [0, 0.05) is 10.7 Å². The number of carbonyl (C=O) groups is 3. The van der Waals surface area contributed by atoms with Crippen molar-refractivity contribution >= 4 is 35.2 Å². The summed E-state index contributed by atoms with van der Waals surface area (Å²) in [6, 6.07) is 3.17. The van der Waals surface area contributed by atoms with Crippen LogP contribution in [-0.2, 0) is 9.53 Å². The first-order valence-electron chi connectivity index (χ1n) is 4.71. The summed E-state index contributed by atoms with van der Waals surface area (Å²) < 4.78 is 4.63. The van der Waals surface area contributed by atoms with Crippen LogP contribution < -0.4 is 16.8 Å². The van der Waals surface area contributed by atoms with E-state index < -0.39 is 24.5 Å². The van der Waals surface area contributed by atoms with E-state index in [0.29, 0.717) is 5.02 Å². The second-order valence-electron chi connectivity index (χ2n) is 3.22. The minimum atomic E-state index is -1.03. The number of primary amides is 1. The number of ether oxygens (including phenoxy) is 1. The summed E-state index contributed by atoms with van der Waals surface area (Å²) >= 11 is 5.66. The summed E-state index contributed by atoms with van der Waals surface area (Å²) in [4.78, 5) is 32.8. The first-order chi connectivity index (χ1) is 8.40. The molecule has 0 fully saturated rings. The van der Waals surface area contributed by atoms with Crippen molar-refractivity contribution in [3.8, 4) is 0 Å². The van der Waals surface area contributed by atoms with Gasteiger partial charge in [-0.3, -0.25) is 10.1 Å². The Morgan fingerprint density at radius 3 is 2.56 bits per heavy atom. The van der Waals surface area contributed by atoms with Gasteiger partial charge in [0.1, 0.15) is 0 Å². The first-order valence-corrected chi connectivity index (χ1v) is 5.09. The number of nitrogens with one attached hydrogen (secondary N) is 1. The minimum Gasteiger partial charge on any atom is -0.452 e. The van der Waals surface area contributed by atoms with Gasteiger partial charge < -0.3 is 16.2 Å². The Kier molecular flexibility index (Phi) is 4.50. The fraction of sp³-hybridized carbons (Fsp3) is 0.100. The topological polar surface area (TPSA) is 125 Å². The molecule has 18 heavy (non-hydrogen) atoms. The molecule has 0 aliphatic heterocycles. The van der Waals surface area contributed by atoms with Crippen molar-refractivity contribution in [3.63, 3.8) is 0 Å². The van der Waals surface area contributed by atoms with Crippen molar-refractivity contribution in [1.29, 1.82) is 0 Å². The number of halogens is 1. The second kappa shape index (κ2) is 5.87. The van der Waals surface area contributed by atoms with Gasteiger partial charge in [-0.25, -0.2) is 9.59 Å². The predicted molar refractivity (Wildman–Crippen MR) is 63.9 cm³/mol. The van der Waals surface area contributed by atoms with Crippen LogP contribution in [0.2, 0.25) is 5.02 Å². The summed E-state index contributed by atoms with van der Waals surface area (Å²) in [5.41, 5.74) is 10.5. The Morgan fingerprint density at radius 2 is 2.00 bits per heavy atom. The van der Waals surface area contributed by atoms with E-state index in [1.807, 2.05) is 0 Å². The van der Waals surface area contributed by atoms with E-state index in [1.165, 1.54) is 18.2 Å². The molecule has 0 saturated heterocycles. The SMILES string of the molecule is NC(=O)NC(=O)COC(=O)c1ccc(Cl)cc1N. The van der Waals surface area contributed by atoms with Gasteiger partial charge in [0.25, 0.3) is 5.91 Å². The van der Waals surface area contributed by atoms with Gasteiger partial charge in [-0.05, 0) is 18.2 Å². The predicted octanol–water partition coefficient (Wildman–Crippen LogP) is 0.274. The van der Waals surface area contributed by atoms with E-state index in [-0.39, 0.29) is 11.3 Å². The van der Waals surface area contributed by atoms with Crippen molar-refractivity contribution in [1.82, 2.24) is 5.32 Å². The van der Waals surface area contributed by atoms with Crippen LogP contribution in [0, 0.1) is 0 Å². The standard InChI is InChI=1S/C10H10ClN3O4/c11-5-1-2-6(7(12)3-5)9(16)18-4-8(15)14-10(13)17/h1-3H,4,12H2,(H3,13,14,15,17). The van der Waals surface area contributed by atoms with Crippen LogP contribution in [0.15, 0.2) is 18.2 Å². The zero-order valence-electron chi connectivity index (χ0n) is 9.10. The van der Waals surface area contributed by atoms with Crippen LogP contribution in [0.1, 0.15) is 10.4 Å². The molecule has 0 aromatic heterocycles. The van der Waals surface area contributed by atoms with Crippen molar-refractivity contribution in [2.75, 3.05) is 12.3 Å². The van der Waals surface area contributed by atoms with Crippen LogP contribution in [0.5, 0.6) is 0 Å². The maximum absolute atomic E-state index is 11.5. The lowest BCUT2D eigenvalue weighted by Crippen LogP contribution is -2.37. The van der Waals surface area contributed by atoms with Crippen molar-refractivity contribution in [2.24, 2.45) is 5.73 Å². The van der Waals surface area contributed by atoms with Crippen molar-refractivity contribution in [2.45, 2.75) is 0 Å². The normalized spacial score (nSPS) is 9.61. The minimum absolute atomic E-state index is 0.0753. The molecule has 7 nitrogen and oxygen atoms in total. The third-order valence-corrected chi connectivity index (χ3v) is 2.07. The lowest BCUT2D eigenvalue weighted by Gasteiger charge is -2.06. The number of rotatable bonds is 3. The van der Waals surface area contributed by atoms with Gasteiger partial charge in [-0.1, -0.05) is 11.6 Å². The largest absolute Gasteiger partial charge is 0.452 e. The molecule has 1 aromatic rings. The maximum Gasteiger partial charge on any atom is 0.340 e. The van der Waals surface area contributed by atoms with E-state index in [1.54, 1.807) is 5.32 Å². The number of imide groups is 1. The quantitative estimate of drug-likeness (QED) is 0.538. The monoisotopic (exact) mass is 271 g/mol. The number of hydrogen-bond donors (Lipinski definition) is 3. The van der Waals surface area contributed by atoms with Gasteiger partial charge in [0.2, 0.25) is 0 Å². The van der Waals surface area contributed by atoms with E-state index in [9.17, 15) is 14.4 Å². The van der Waals surface area contributed by atoms with Crippen LogP contribution in [0.25, 0.3) is 0 Å². The fourth-order valence-corrected chi connectivity index (χ4v) is 1.28. The molecular weight excluding hydrogens is 262 g/mol. The molecule has 8 heteroatoms. The molecule has 0 aliphatic carbocycles. The highest BCUT2D eigenvalue weighted by atomic mass is 35.5. The number of nitrogen functional groups attached to an aromatic ring is 1. The molecule has 0 unspecified atom stereocenters. The van der Waals surface area contributed by atoms with Gasteiger partial charge in [0.15, 0.2) is 6.61 Å². The molecule has 0 bridgehead atoms. The molecule has 0 heterocycles. The highest BCUT2D eigenvalue weighted by molar-refractivity contribution is 6.31. The van der Waals surface area contributed by atoms with Crippen molar-refractivity contribution < 1.29 is 19.1 Å². The molecule has 0 spiro atoms. The van der Waals surface area contributed by atoms with Crippen LogP contribution in [0.4, 0.5) is 10.5 Å². The molecule has 5 N–H and O–H groups in total. The van der Waals surface area contributed by atoms with E-state index in [2.05, 4.69) is 4.74 Å².